The summed E-state index contributed by atoms with van der Waals surface area (Å²) in [7, 11) is 0. The molecule has 0 radical (unpaired) electrons. The normalized spacial score (nSPS) is 11.1. The highest BCUT2D eigenvalue weighted by molar-refractivity contribution is 9.10. The highest BCUT2D eigenvalue weighted by atomic mass is 79.9. The summed E-state index contributed by atoms with van der Waals surface area (Å²) < 4.78 is 6.56. The van der Waals surface area contributed by atoms with Crippen LogP contribution in [0.1, 0.15) is 17.2 Å². The summed E-state index contributed by atoms with van der Waals surface area (Å²) in [5.41, 5.74) is 3.60. The van der Waals surface area contributed by atoms with Gasteiger partial charge in [-0.2, -0.15) is 4.98 Å². The molecule has 2 aromatic heterocycles. The number of nitrogens with zero attached hydrogens (tertiary/aromatic N) is 2. The van der Waals surface area contributed by atoms with Crippen molar-refractivity contribution in [3.8, 4) is 0 Å². The number of para-hydroxylation sites is 1. The van der Waals surface area contributed by atoms with E-state index in [9.17, 15) is 0 Å². The van der Waals surface area contributed by atoms with Crippen molar-refractivity contribution in [2.45, 2.75) is 20.4 Å². The van der Waals surface area contributed by atoms with Gasteiger partial charge in [0.15, 0.2) is 5.58 Å². The van der Waals surface area contributed by atoms with E-state index in [2.05, 4.69) is 36.2 Å². The summed E-state index contributed by atoms with van der Waals surface area (Å²) in [6.07, 6.45) is 0. The molecule has 2 heterocycles. The second-order valence-electron chi connectivity index (χ2n) is 4.35. The molecule has 0 spiro atoms. The Morgan fingerprint density at radius 2 is 2.16 bits per heavy atom. The lowest BCUT2D eigenvalue weighted by Gasteiger charge is -1.99. The Morgan fingerprint density at radius 1 is 1.32 bits per heavy atom. The maximum absolute atomic E-state index is 5.66. The molecule has 0 bridgehead atoms. The van der Waals surface area contributed by atoms with Crippen LogP contribution in [0.4, 0.5) is 6.01 Å². The van der Waals surface area contributed by atoms with E-state index in [1.807, 2.05) is 32.0 Å². The van der Waals surface area contributed by atoms with Gasteiger partial charge in [0.25, 0.3) is 6.01 Å². The lowest BCUT2D eigenvalue weighted by Crippen LogP contribution is -2.01. The summed E-state index contributed by atoms with van der Waals surface area (Å²) >= 11 is 3.44. The molecule has 0 fully saturated rings. The summed E-state index contributed by atoms with van der Waals surface area (Å²) in [6, 6.07) is 6.28. The van der Waals surface area contributed by atoms with Gasteiger partial charge in [-0.1, -0.05) is 6.07 Å². The van der Waals surface area contributed by atoms with Gasteiger partial charge in [0, 0.05) is 5.69 Å². The number of H-pyrrole nitrogens is 1. The summed E-state index contributed by atoms with van der Waals surface area (Å²) in [5, 5.41) is 3.15. The molecule has 1 aromatic carbocycles. The van der Waals surface area contributed by atoms with E-state index < -0.39 is 0 Å². The van der Waals surface area contributed by atoms with Crippen molar-refractivity contribution in [3.05, 3.63) is 39.9 Å². The van der Waals surface area contributed by atoms with Crippen molar-refractivity contribution < 1.29 is 4.42 Å². The molecule has 5 nitrogen and oxygen atoms in total. The molecule has 0 saturated carbocycles. The number of hydrogen-bond donors (Lipinski definition) is 2. The molecule has 0 aliphatic carbocycles. The number of anilines is 1. The predicted octanol–water partition coefficient (Wildman–Crippen LogP) is 3.54. The molecule has 2 N–H and O–H groups in total. The average molecular weight is 321 g/mol. The Hall–Kier alpha value is -1.82. The van der Waals surface area contributed by atoms with Gasteiger partial charge in [0.2, 0.25) is 0 Å². The monoisotopic (exact) mass is 320 g/mol. The third kappa shape index (κ3) is 2.35. The third-order valence-electron chi connectivity index (χ3n) is 2.88. The average Bonchev–Trinajstić information content (AvgIpc) is 2.91. The first-order chi connectivity index (χ1) is 9.13. The molecule has 0 unspecified atom stereocenters. The van der Waals surface area contributed by atoms with Gasteiger partial charge < -0.3 is 14.7 Å². The van der Waals surface area contributed by atoms with Crippen molar-refractivity contribution in [2.75, 3.05) is 5.32 Å². The second-order valence-corrected chi connectivity index (χ2v) is 5.21. The molecule has 0 aliphatic heterocycles. The second kappa shape index (κ2) is 4.70. The first kappa shape index (κ1) is 12.2. The number of fused-ring (bicyclic) bond motifs is 1. The minimum Gasteiger partial charge on any atom is -0.422 e. The van der Waals surface area contributed by atoms with Crippen LogP contribution >= 0.6 is 15.9 Å². The van der Waals surface area contributed by atoms with Crippen LogP contribution in [0.3, 0.4) is 0 Å². The fraction of sp³-hybridized carbons (Fsp3) is 0.231. The summed E-state index contributed by atoms with van der Waals surface area (Å²) in [6.45, 7) is 4.52. The van der Waals surface area contributed by atoms with Crippen molar-refractivity contribution in [2.24, 2.45) is 0 Å². The molecule has 0 amide bonds. The van der Waals surface area contributed by atoms with Crippen LogP contribution in [0.15, 0.2) is 27.1 Å². The molecule has 3 aromatic rings. The van der Waals surface area contributed by atoms with Crippen molar-refractivity contribution >= 4 is 33.0 Å². The number of aromatic amines is 1. The Balaban J connectivity index is 1.82. The minimum absolute atomic E-state index is 0.502. The maximum atomic E-state index is 5.66. The molecular weight excluding hydrogens is 308 g/mol. The number of aryl methyl sites for hydroxylation is 2. The zero-order valence-corrected chi connectivity index (χ0v) is 12.2. The fourth-order valence-electron chi connectivity index (χ4n) is 1.98. The van der Waals surface area contributed by atoms with E-state index >= 15 is 0 Å². The third-order valence-corrected chi connectivity index (χ3v) is 3.50. The number of halogens is 1. The quantitative estimate of drug-likeness (QED) is 0.774. The SMILES string of the molecule is Cc1nc(CNc2nc3cccc(Br)c3o2)c(C)[nH]1. The van der Waals surface area contributed by atoms with Crippen LogP contribution in [0, 0.1) is 13.8 Å². The van der Waals surface area contributed by atoms with Crippen molar-refractivity contribution in [1.82, 2.24) is 15.0 Å². The van der Waals surface area contributed by atoms with Crippen LogP contribution < -0.4 is 5.32 Å². The Morgan fingerprint density at radius 3 is 2.84 bits per heavy atom. The van der Waals surface area contributed by atoms with Gasteiger partial charge in [-0.05, 0) is 41.9 Å². The van der Waals surface area contributed by atoms with Gasteiger partial charge in [-0.15, -0.1) is 0 Å². The van der Waals surface area contributed by atoms with E-state index in [4.69, 9.17) is 4.42 Å². The number of nitrogens with one attached hydrogen (secondary N) is 2. The Kier molecular flexibility index (Phi) is 3.02. The number of benzene rings is 1. The number of oxazole rings is 1. The summed E-state index contributed by atoms with van der Waals surface area (Å²) in [5.74, 6) is 0.912. The number of aromatic nitrogens is 3. The van der Waals surface area contributed by atoms with E-state index in [1.54, 1.807) is 0 Å². The van der Waals surface area contributed by atoms with E-state index in [0.29, 0.717) is 12.6 Å². The minimum atomic E-state index is 0.502. The van der Waals surface area contributed by atoms with Gasteiger partial charge in [0.1, 0.15) is 11.3 Å². The smallest absolute Gasteiger partial charge is 0.296 e. The number of rotatable bonds is 3. The first-order valence-electron chi connectivity index (χ1n) is 5.94. The topological polar surface area (TPSA) is 66.7 Å². The molecular formula is C13H13BrN4O. The van der Waals surface area contributed by atoms with E-state index in [0.717, 1.165) is 32.8 Å². The molecule has 3 rings (SSSR count). The van der Waals surface area contributed by atoms with Gasteiger partial charge in [-0.25, -0.2) is 4.98 Å². The molecule has 0 saturated heterocycles. The lowest BCUT2D eigenvalue weighted by molar-refractivity contribution is 0.612. The molecule has 0 atom stereocenters. The zero-order valence-electron chi connectivity index (χ0n) is 10.6. The van der Waals surface area contributed by atoms with Crippen LogP contribution in [-0.2, 0) is 6.54 Å². The van der Waals surface area contributed by atoms with Crippen LogP contribution in [-0.4, -0.2) is 15.0 Å². The van der Waals surface area contributed by atoms with Crippen molar-refractivity contribution in [3.63, 3.8) is 0 Å². The Bertz CT molecular complexity index is 731. The van der Waals surface area contributed by atoms with Crippen LogP contribution in [0.5, 0.6) is 0 Å². The maximum Gasteiger partial charge on any atom is 0.296 e. The van der Waals surface area contributed by atoms with Gasteiger partial charge in [0.05, 0.1) is 16.7 Å². The standard InChI is InChI=1S/C13H13BrN4O/c1-7-11(17-8(2)16-7)6-15-13-18-10-5-3-4-9(14)12(10)19-13/h3-5H,6H2,1-2H3,(H,15,18)(H,16,17). The van der Waals surface area contributed by atoms with Crippen LogP contribution in [0.2, 0.25) is 0 Å². The van der Waals surface area contributed by atoms with Crippen LogP contribution in [0.25, 0.3) is 11.1 Å². The molecule has 19 heavy (non-hydrogen) atoms. The van der Waals surface area contributed by atoms with Gasteiger partial charge >= 0.3 is 0 Å². The predicted molar refractivity (Wildman–Crippen MR) is 77.1 cm³/mol. The van der Waals surface area contributed by atoms with Gasteiger partial charge in [-0.3, -0.25) is 0 Å². The highest BCUT2D eigenvalue weighted by Crippen LogP contribution is 2.26. The van der Waals surface area contributed by atoms with E-state index in [-0.39, 0.29) is 0 Å². The molecule has 98 valence electrons. The molecule has 6 heteroatoms. The zero-order chi connectivity index (χ0) is 13.4. The number of hydrogen-bond acceptors (Lipinski definition) is 4. The lowest BCUT2D eigenvalue weighted by atomic mass is 10.3. The fourth-order valence-corrected chi connectivity index (χ4v) is 2.42. The Labute approximate surface area is 118 Å². The largest absolute Gasteiger partial charge is 0.422 e. The van der Waals surface area contributed by atoms with Crippen molar-refractivity contribution in [1.29, 1.82) is 0 Å². The first-order valence-corrected chi connectivity index (χ1v) is 6.74. The highest BCUT2D eigenvalue weighted by Gasteiger charge is 2.09. The van der Waals surface area contributed by atoms with E-state index in [1.165, 1.54) is 0 Å². The molecule has 0 aliphatic rings. The summed E-state index contributed by atoms with van der Waals surface area (Å²) in [4.78, 5) is 11.9. The number of imidazole rings is 1.